The highest BCUT2D eigenvalue weighted by Crippen LogP contribution is 2.20. The summed E-state index contributed by atoms with van der Waals surface area (Å²) in [5, 5.41) is 0. The molecule has 0 aromatic heterocycles. The van der Waals surface area contributed by atoms with Gasteiger partial charge in [-0.2, -0.15) is 0 Å². The van der Waals surface area contributed by atoms with Crippen molar-refractivity contribution in [2.45, 2.75) is 26.2 Å². The van der Waals surface area contributed by atoms with Crippen LogP contribution in [-0.2, 0) is 19.1 Å². The highest BCUT2D eigenvalue weighted by atomic mass is 16.5. The molecule has 0 atom stereocenters. The van der Waals surface area contributed by atoms with E-state index in [1.54, 1.807) is 6.92 Å². The molecule has 0 aromatic rings. The first-order chi connectivity index (χ1) is 7.15. The minimum absolute atomic E-state index is 0.122. The third-order valence-electron chi connectivity index (χ3n) is 2.30. The van der Waals surface area contributed by atoms with Crippen molar-refractivity contribution in [2.24, 2.45) is 5.92 Å². The first-order valence-electron chi connectivity index (χ1n) is 5.02. The molecule has 0 N–H and O–H groups in total. The Kier molecular flexibility index (Phi) is 4.21. The lowest BCUT2D eigenvalue weighted by Gasteiger charge is -2.06. The molecule has 1 rings (SSSR count). The molecule has 0 saturated carbocycles. The highest BCUT2D eigenvalue weighted by molar-refractivity contribution is 6.37. The Morgan fingerprint density at radius 3 is 2.40 bits per heavy atom. The Balaban J connectivity index is 2.37. The van der Waals surface area contributed by atoms with Gasteiger partial charge in [0.15, 0.2) is 0 Å². The number of esters is 1. The van der Waals surface area contributed by atoms with Crippen LogP contribution in [0.4, 0.5) is 0 Å². The van der Waals surface area contributed by atoms with Gasteiger partial charge in [0.25, 0.3) is 0 Å². The average molecular weight is 210 g/mol. The van der Waals surface area contributed by atoms with Crippen molar-refractivity contribution < 1.29 is 19.1 Å². The molecule has 1 aliphatic rings. The maximum absolute atomic E-state index is 11.5. The molecule has 1 aliphatic carbocycles. The number of hydrogen-bond donors (Lipinski definition) is 0. The van der Waals surface area contributed by atoms with Crippen LogP contribution in [0.5, 0.6) is 0 Å². The monoisotopic (exact) mass is 210 g/mol. The smallest absolute Gasteiger partial charge is 0.375 e. The summed E-state index contributed by atoms with van der Waals surface area (Å²) in [5.74, 6) is -1.94. The summed E-state index contributed by atoms with van der Waals surface area (Å²) in [6.07, 6.45) is 4.85. The lowest BCUT2D eigenvalue weighted by Crippen LogP contribution is -2.23. The van der Waals surface area contributed by atoms with E-state index in [-0.39, 0.29) is 24.7 Å². The van der Waals surface area contributed by atoms with E-state index in [4.69, 9.17) is 0 Å². The van der Waals surface area contributed by atoms with Crippen LogP contribution in [0.15, 0.2) is 12.2 Å². The maximum Gasteiger partial charge on any atom is 0.375 e. The van der Waals surface area contributed by atoms with Crippen molar-refractivity contribution in [3.63, 3.8) is 0 Å². The topological polar surface area (TPSA) is 60.4 Å². The zero-order chi connectivity index (χ0) is 11.3. The zero-order valence-corrected chi connectivity index (χ0v) is 8.69. The second-order valence-electron chi connectivity index (χ2n) is 3.43. The number of allylic oxidation sites excluding steroid dienone is 2. The molecule has 4 heteroatoms. The molecule has 0 radical (unpaired) electrons. The number of rotatable bonds is 5. The molecule has 0 fully saturated rings. The lowest BCUT2D eigenvalue weighted by molar-refractivity contribution is -0.154. The third kappa shape index (κ3) is 3.31. The van der Waals surface area contributed by atoms with Crippen LogP contribution in [0.2, 0.25) is 0 Å². The van der Waals surface area contributed by atoms with E-state index in [1.165, 1.54) is 0 Å². The number of hydrogen-bond acceptors (Lipinski definition) is 4. The SMILES string of the molecule is CCOC(=O)C(=O)CC(=O)C1CC=CC1. The quantitative estimate of drug-likeness (QED) is 0.294. The number of ketones is 2. The van der Waals surface area contributed by atoms with E-state index >= 15 is 0 Å². The summed E-state index contributed by atoms with van der Waals surface area (Å²) in [5.41, 5.74) is 0. The summed E-state index contributed by atoms with van der Waals surface area (Å²) in [6.45, 7) is 1.78. The second kappa shape index (κ2) is 5.44. The lowest BCUT2D eigenvalue weighted by atomic mass is 9.98. The molecule has 0 bridgehead atoms. The van der Waals surface area contributed by atoms with E-state index in [1.807, 2.05) is 12.2 Å². The summed E-state index contributed by atoms with van der Waals surface area (Å²) in [7, 11) is 0. The first kappa shape index (κ1) is 11.6. The van der Waals surface area contributed by atoms with Crippen molar-refractivity contribution in [1.29, 1.82) is 0 Å². The van der Waals surface area contributed by atoms with E-state index in [0.29, 0.717) is 12.8 Å². The number of ether oxygens (including phenoxy) is 1. The van der Waals surface area contributed by atoms with Crippen LogP contribution in [0.3, 0.4) is 0 Å². The van der Waals surface area contributed by atoms with E-state index in [9.17, 15) is 14.4 Å². The zero-order valence-electron chi connectivity index (χ0n) is 8.69. The van der Waals surface area contributed by atoms with Crippen LogP contribution >= 0.6 is 0 Å². The van der Waals surface area contributed by atoms with Gasteiger partial charge in [-0.05, 0) is 19.8 Å². The standard InChI is InChI=1S/C11H14O4/c1-2-15-11(14)10(13)7-9(12)8-5-3-4-6-8/h3-4,8H,2,5-7H2,1H3. The van der Waals surface area contributed by atoms with E-state index < -0.39 is 11.8 Å². The Bertz CT molecular complexity index is 296. The Morgan fingerprint density at radius 2 is 1.87 bits per heavy atom. The Labute approximate surface area is 88.3 Å². The van der Waals surface area contributed by atoms with Gasteiger partial charge >= 0.3 is 5.97 Å². The van der Waals surface area contributed by atoms with Gasteiger partial charge in [-0.15, -0.1) is 0 Å². The van der Waals surface area contributed by atoms with Gasteiger partial charge in [0.05, 0.1) is 13.0 Å². The molecule has 0 aromatic carbocycles. The Morgan fingerprint density at radius 1 is 1.27 bits per heavy atom. The fraction of sp³-hybridized carbons (Fsp3) is 0.545. The molecule has 0 spiro atoms. The average Bonchev–Trinajstić information content (AvgIpc) is 2.70. The van der Waals surface area contributed by atoms with Crippen LogP contribution < -0.4 is 0 Å². The van der Waals surface area contributed by atoms with Gasteiger partial charge in [0.2, 0.25) is 5.78 Å². The molecule has 4 nitrogen and oxygen atoms in total. The number of carbonyl (C=O) groups excluding carboxylic acids is 3. The first-order valence-corrected chi connectivity index (χ1v) is 5.02. The molecule has 0 aliphatic heterocycles. The molecule has 0 amide bonds. The van der Waals surface area contributed by atoms with E-state index in [2.05, 4.69) is 4.74 Å². The van der Waals surface area contributed by atoms with Crippen molar-refractivity contribution in [2.75, 3.05) is 6.61 Å². The molecule has 15 heavy (non-hydrogen) atoms. The van der Waals surface area contributed by atoms with Gasteiger partial charge in [-0.1, -0.05) is 12.2 Å². The van der Waals surface area contributed by atoms with Crippen molar-refractivity contribution in [1.82, 2.24) is 0 Å². The van der Waals surface area contributed by atoms with Gasteiger partial charge in [-0.3, -0.25) is 9.59 Å². The molecule has 0 heterocycles. The summed E-state index contributed by atoms with van der Waals surface area (Å²) in [6, 6.07) is 0. The van der Waals surface area contributed by atoms with E-state index in [0.717, 1.165) is 0 Å². The normalized spacial score (nSPS) is 15.3. The van der Waals surface area contributed by atoms with Gasteiger partial charge < -0.3 is 4.74 Å². The van der Waals surface area contributed by atoms with Crippen molar-refractivity contribution in [3.05, 3.63) is 12.2 Å². The van der Waals surface area contributed by atoms with Crippen molar-refractivity contribution >= 4 is 17.5 Å². The van der Waals surface area contributed by atoms with Crippen LogP contribution in [0, 0.1) is 5.92 Å². The highest BCUT2D eigenvalue weighted by Gasteiger charge is 2.25. The van der Waals surface area contributed by atoms with Gasteiger partial charge in [-0.25, -0.2) is 4.79 Å². The summed E-state index contributed by atoms with van der Waals surface area (Å²) in [4.78, 5) is 33.6. The summed E-state index contributed by atoms with van der Waals surface area (Å²) < 4.78 is 4.51. The molecule has 82 valence electrons. The number of carbonyl (C=O) groups is 3. The minimum Gasteiger partial charge on any atom is -0.460 e. The van der Waals surface area contributed by atoms with Crippen LogP contribution in [0.25, 0.3) is 0 Å². The largest absolute Gasteiger partial charge is 0.460 e. The third-order valence-corrected chi connectivity index (χ3v) is 2.30. The second-order valence-corrected chi connectivity index (χ2v) is 3.43. The van der Waals surface area contributed by atoms with Crippen LogP contribution in [-0.4, -0.2) is 24.1 Å². The fourth-order valence-corrected chi connectivity index (χ4v) is 1.47. The molecule has 0 unspecified atom stereocenters. The molecular weight excluding hydrogens is 196 g/mol. The predicted molar refractivity (Wildman–Crippen MR) is 53.1 cm³/mol. The predicted octanol–water partition coefficient (Wildman–Crippen LogP) is 1.04. The fourth-order valence-electron chi connectivity index (χ4n) is 1.47. The number of Topliss-reactive ketones (excluding diaryl/α,β-unsaturated/α-hetero) is 2. The molecule has 0 saturated heterocycles. The van der Waals surface area contributed by atoms with Gasteiger partial charge in [0.1, 0.15) is 5.78 Å². The van der Waals surface area contributed by atoms with Crippen molar-refractivity contribution in [3.8, 4) is 0 Å². The Hall–Kier alpha value is -1.45. The maximum atomic E-state index is 11.5. The van der Waals surface area contributed by atoms with Crippen LogP contribution in [0.1, 0.15) is 26.2 Å². The molecular formula is C11H14O4. The summed E-state index contributed by atoms with van der Waals surface area (Å²) >= 11 is 0. The minimum atomic E-state index is -0.906. The van der Waals surface area contributed by atoms with Gasteiger partial charge in [0, 0.05) is 5.92 Å².